The first-order chi connectivity index (χ1) is 10.1. The van der Waals surface area contributed by atoms with Crippen LogP contribution in [0.4, 0.5) is 8.63 Å². The summed E-state index contributed by atoms with van der Waals surface area (Å²) in [7, 11) is 0. The maximum atomic E-state index is 14.6. The molecule has 3 heterocycles. The topological polar surface area (TPSA) is 7.94 Å². The summed E-state index contributed by atoms with van der Waals surface area (Å²) in [5.41, 5.74) is 4.05. The van der Waals surface area contributed by atoms with Gasteiger partial charge in [0.1, 0.15) is 6.21 Å². The average molecular weight is 282 g/mol. The van der Waals surface area contributed by atoms with Gasteiger partial charge in [-0.05, 0) is 30.8 Å². The quantitative estimate of drug-likeness (QED) is 0.708. The van der Waals surface area contributed by atoms with Crippen LogP contribution in [0.25, 0.3) is 5.57 Å². The Balaban J connectivity index is 2.06. The predicted octanol–water partition coefficient (Wildman–Crippen LogP) is 3.45. The van der Waals surface area contributed by atoms with Crippen LogP contribution in [-0.2, 0) is 0 Å². The molecule has 0 spiro atoms. The molecular formula is C16H13BF2N2. The summed E-state index contributed by atoms with van der Waals surface area (Å²) in [6.45, 7) is -1.81. The molecule has 0 atom stereocenters. The lowest BCUT2D eigenvalue weighted by molar-refractivity contribution is -0.356. The van der Waals surface area contributed by atoms with Crippen molar-refractivity contribution in [1.82, 2.24) is 4.48 Å². The smallest absolute Gasteiger partial charge is 0.396 e. The summed E-state index contributed by atoms with van der Waals surface area (Å²) in [4.78, 5) is 0. The zero-order valence-corrected chi connectivity index (χ0v) is 11.5. The minimum absolute atomic E-state index is 0.566. The molecule has 0 fully saturated rings. The molecule has 0 saturated heterocycles. The third-order valence-electron chi connectivity index (χ3n) is 4.05. The van der Waals surface area contributed by atoms with E-state index >= 15 is 0 Å². The number of fused-ring (bicyclic) bond motifs is 2. The number of aromatic nitrogens is 1. The number of halogens is 2. The molecule has 2 aliphatic rings. The molecule has 1 aromatic carbocycles. The van der Waals surface area contributed by atoms with Crippen molar-refractivity contribution in [3.05, 3.63) is 77.3 Å². The second-order valence-electron chi connectivity index (χ2n) is 5.43. The van der Waals surface area contributed by atoms with Crippen molar-refractivity contribution < 1.29 is 13.1 Å². The van der Waals surface area contributed by atoms with Crippen LogP contribution >= 0.6 is 0 Å². The first kappa shape index (κ1) is 12.3. The predicted molar refractivity (Wildman–Crippen MR) is 80.5 cm³/mol. The van der Waals surface area contributed by atoms with Crippen molar-refractivity contribution >= 4 is 18.8 Å². The van der Waals surface area contributed by atoms with E-state index in [9.17, 15) is 8.63 Å². The molecule has 1 aromatic heterocycles. The largest absolute Gasteiger partial charge is 0.737 e. The van der Waals surface area contributed by atoms with E-state index in [2.05, 4.69) is 0 Å². The van der Waals surface area contributed by atoms with Crippen LogP contribution in [0.1, 0.15) is 16.8 Å². The first-order valence-electron chi connectivity index (χ1n) is 6.90. The van der Waals surface area contributed by atoms with Gasteiger partial charge in [0, 0.05) is 17.8 Å². The maximum Gasteiger partial charge on any atom is 0.737 e. The highest BCUT2D eigenvalue weighted by atomic mass is 19.2. The lowest BCUT2D eigenvalue weighted by atomic mass is 9.86. The van der Waals surface area contributed by atoms with Crippen LogP contribution < -0.4 is 0 Å². The van der Waals surface area contributed by atoms with Gasteiger partial charge in [0.15, 0.2) is 5.70 Å². The van der Waals surface area contributed by atoms with E-state index in [-0.39, 0.29) is 0 Å². The fourth-order valence-electron chi connectivity index (χ4n) is 3.11. The number of benzene rings is 1. The van der Waals surface area contributed by atoms with Gasteiger partial charge < -0.3 is 17.6 Å². The van der Waals surface area contributed by atoms with Crippen LogP contribution in [0.3, 0.4) is 0 Å². The molecular weight excluding hydrogens is 269 g/mol. The average Bonchev–Trinajstić information content (AvgIpc) is 3.08. The van der Waals surface area contributed by atoms with Gasteiger partial charge in [0.2, 0.25) is 0 Å². The molecule has 0 radical (unpaired) electrons. The van der Waals surface area contributed by atoms with Crippen LogP contribution in [0, 0.1) is 6.92 Å². The molecule has 0 saturated carbocycles. The lowest BCUT2D eigenvalue weighted by Gasteiger charge is -2.30. The van der Waals surface area contributed by atoms with Gasteiger partial charge in [-0.2, -0.15) is 0 Å². The molecule has 2 nitrogen and oxygen atoms in total. The fourth-order valence-corrected chi connectivity index (χ4v) is 3.11. The van der Waals surface area contributed by atoms with Crippen molar-refractivity contribution in [2.24, 2.45) is 0 Å². The van der Waals surface area contributed by atoms with E-state index in [1.54, 1.807) is 24.3 Å². The molecule has 0 aliphatic carbocycles. The zero-order valence-electron chi connectivity index (χ0n) is 11.5. The third kappa shape index (κ3) is 1.60. The number of allylic oxidation sites excluding steroid dienone is 2. The lowest BCUT2D eigenvalue weighted by Crippen LogP contribution is -2.49. The van der Waals surface area contributed by atoms with Crippen molar-refractivity contribution in [3.63, 3.8) is 0 Å². The van der Waals surface area contributed by atoms with Gasteiger partial charge in [-0.3, -0.25) is 0 Å². The van der Waals surface area contributed by atoms with Gasteiger partial charge >= 0.3 is 6.97 Å². The van der Waals surface area contributed by atoms with E-state index in [0.717, 1.165) is 25.7 Å². The number of aryl methyl sites for hydroxylation is 1. The van der Waals surface area contributed by atoms with Gasteiger partial charge in [-0.15, -0.1) is 0 Å². The Morgan fingerprint density at radius 1 is 1.14 bits per heavy atom. The summed E-state index contributed by atoms with van der Waals surface area (Å²) >= 11 is 0. The molecule has 21 heavy (non-hydrogen) atoms. The highest BCUT2D eigenvalue weighted by Gasteiger charge is 2.51. The van der Waals surface area contributed by atoms with Crippen LogP contribution in [0.15, 0.2) is 60.4 Å². The SMILES string of the molecule is Cc1cccc(C2=C3C=CC=[N+]3[B-](F)(F)n3cccc32)c1. The van der Waals surface area contributed by atoms with Crippen LogP contribution in [-0.4, -0.2) is 22.1 Å². The van der Waals surface area contributed by atoms with Crippen molar-refractivity contribution in [2.45, 2.75) is 6.92 Å². The molecule has 2 aliphatic heterocycles. The Kier molecular flexibility index (Phi) is 2.37. The Hall–Kier alpha value is -2.43. The second kappa shape index (κ2) is 4.04. The Morgan fingerprint density at radius 2 is 2.00 bits per heavy atom. The van der Waals surface area contributed by atoms with Crippen molar-refractivity contribution in [2.75, 3.05) is 0 Å². The second-order valence-corrected chi connectivity index (χ2v) is 5.43. The number of hydrogen-bond acceptors (Lipinski definition) is 0. The number of rotatable bonds is 1. The third-order valence-corrected chi connectivity index (χ3v) is 4.05. The van der Waals surface area contributed by atoms with E-state index < -0.39 is 6.97 Å². The zero-order chi connectivity index (χ0) is 14.6. The molecule has 5 heteroatoms. The summed E-state index contributed by atoms with van der Waals surface area (Å²) in [5.74, 6) is 0. The number of hydrogen-bond donors (Lipinski definition) is 0. The van der Waals surface area contributed by atoms with Crippen LogP contribution in [0.2, 0.25) is 0 Å². The molecule has 0 amide bonds. The molecule has 104 valence electrons. The van der Waals surface area contributed by atoms with E-state index in [1.807, 2.05) is 31.2 Å². The minimum Gasteiger partial charge on any atom is -0.396 e. The summed E-state index contributed by atoms with van der Waals surface area (Å²) in [5, 5.41) is 0. The summed E-state index contributed by atoms with van der Waals surface area (Å²) in [6, 6.07) is 11.4. The molecule has 0 bridgehead atoms. The molecule has 4 rings (SSSR count). The molecule has 0 unspecified atom stereocenters. The Labute approximate surface area is 121 Å². The summed E-state index contributed by atoms with van der Waals surface area (Å²) in [6.07, 6.45) is 6.33. The van der Waals surface area contributed by atoms with Gasteiger partial charge in [0.25, 0.3) is 0 Å². The first-order valence-corrected chi connectivity index (χ1v) is 6.90. The molecule has 0 N–H and O–H groups in total. The Bertz CT molecular complexity index is 843. The van der Waals surface area contributed by atoms with E-state index in [0.29, 0.717) is 11.4 Å². The van der Waals surface area contributed by atoms with Gasteiger partial charge in [-0.1, -0.05) is 29.8 Å². The minimum atomic E-state index is -3.81. The molecule has 2 aromatic rings. The standard InChI is InChI=1S/C16H13BF2N2/c1-12-5-2-6-13(11-12)16-14-7-3-9-20(14)17(18,19)21-10-4-8-15(16)21/h2-11H,1H3. The van der Waals surface area contributed by atoms with E-state index in [4.69, 9.17) is 0 Å². The van der Waals surface area contributed by atoms with Gasteiger partial charge in [0.05, 0.1) is 5.57 Å². The number of nitrogens with zero attached hydrogens (tertiary/aromatic N) is 2. The fraction of sp³-hybridized carbons (Fsp3) is 0.0625. The highest BCUT2D eigenvalue weighted by molar-refractivity contribution is 6.57. The van der Waals surface area contributed by atoms with Crippen molar-refractivity contribution in [1.29, 1.82) is 0 Å². The van der Waals surface area contributed by atoms with Crippen molar-refractivity contribution in [3.8, 4) is 0 Å². The highest BCUT2D eigenvalue weighted by Crippen LogP contribution is 2.38. The normalized spacial score (nSPS) is 18.5. The summed E-state index contributed by atoms with van der Waals surface area (Å²) < 4.78 is 31.4. The van der Waals surface area contributed by atoms with Gasteiger partial charge in [-0.25, -0.2) is 0 Å². The monoisotopic (exact) mass is 282 g/mol. The maximum absolute atomic E-state index is 14.6. The Morgan fingerprint density at radius 3 is 2.81 bits per heavy atom. The van der Waals surface area contributed by atoms with E-state index in [1.165, 1.54) is 12.4 Å². The van der Waals surface area contributed by atoms with Crippen LogP contribution in [0.5, 0.6) is 0 Å².